The maximum absolute atomic E-state index is 13.1. The van der Waals surface area contributed by atoms with E-state index in [0.29, 0.717) is 32.8 Å². The minimum atomic E-state index is -3.45. The van der Waals surface area contributed by atoms with E-state index >= 15 is 0 Å². The Kier molecular flexibility index (Phi) is 4.34. The molecule has 0 radical (unpaired) electrons. The fourth-order valence-corrected chi connectivity index (χ4v) is 5.50. The molecule has 130 valence electrons. The van der Waals surface area contributed by atoms with Crippen LogP contribution in [0.1, 0.15) is 31.0 Å². The zero-order valence-corrected chi connectivity index (χ0v) is 14.5. The van der Waals surface area contributed by atoms with Gasteiger partial charge in [-0.1, -0.05) is 24.6 Å². The van der Waals surface area contributed by atoms with Gasteiger partial charge in [0, 0.05) is 30.8 Å². The number of H-pyrrole nitrogens is 1. The summed E-state index contributed by atoms with van der Waals surface area (Å²) in [6.45, 7) is 2.42. The predicted molar refractivity (Wildman–Crippen MR) is 92.9 cm³/mol. The first-order valence-electron chi connectivity index (χ1n) is 8.58. The number of para-hydroxylation sites is 1. The number of rotatable bonds is 3. The van der Waals surface area contributed by atoms with Gasteiger partial charge in [0.25, 0.3) is 10.2 Å². The summed E-state index contributed by atoms with van der Waals surface area (Å²) in [6, 6.07) is 10.1. The molecule has 0 aliphatic carbocycles. The molecule has 2 aromatic rings. The smallest absolute Gasteiger partial charge is 0.282 e. The number of morpholine rings is 1. The lowest BCUT2D eigenvalue weighted by Gasteiger charge is -2.38. The van der Waals surface area contributed by atoms with E-state index in [1.807, 2.05) is 18.2 Å². The van der Waals surface area contributed by atoms with Crippen molar-refractivity contribution in [3.63, 3.8) is 0 Å². The Morgan fingerprint density at radius 2 is 1.88 bits per heavy atom. The molecular weight excluding hydrogens is 326 g/mol. The molecule has 2 saturated heterocycles. The second-order valence-electron chi connectivity index (χ2n) is 6.45. The summed E-state index contributed by atoms with van der Waals surface area (Å²) in [5.74, 6) is 0. The summed E-state index contributed by atoms with van der Waals surface area (Å²) in [7, 11) is -3.45. The summed E-state index contributed by atoms with van der Waals surface area (Å²) in [6.07, 6.45) is 2.83. The van der Waals surface area contributed by atoms with Gasteiger partial charge >= 0.3 is 0 Å². The third-order valence-electron chi connectivity index (χ3n) is 4.96. The van der Waals surface area contributed by atoms with Gasteiger partial charge in [0.2, 0.25) is 0 Å². The minimum Gasteiger partial charge on any atom is -0.379 e. The Bertz CT molecular complexity index is 778. The number of piperidine rings is 1. The number of aromatic nitrogens is 1. The monoisotopic (exact) mass is 349 g/mol. The molecule has 0 amide bonds. The van der Waals surface area contributed by atoms with E-state index in [4.69, 9.17) is 4.74 Å². The second kappa shape index (κ2) is 6.48. The van der Waals surface area contributed by atoms with Gasteiger partial charge < -0.3 is 9.72 Å². The van der Waals surface area contributed by atoms with E-state index in [9.17, 15) is 8.42 Å². The molecule has 7 heteroatoms. The van der Waals surface area contributed by atoms with Crippen molar-refractivity contribution in [3.05, 3.63) is 36.0 Å². The lowest BCUT2D eigenvalue weighted by Crippen LogP contribution is -2.50. The van der Waals surface area contributed by atoms with Crippen molar-refractivity contribution in [3.8, 4) is 0 Å². The Balaban J connectivity index is 1.67. The van der Waals surface area contributed by atoms with E-state index in [1.165, 1.54) is 0 Å². The molecule has 0 unspecified atom stereocenters. The Labute approximate surface area is 142 Å². The number of benzene rings is 1. The molecule has 3 heterocycles. The SMILES string of the molecule is O=S(=O)(N1CCOCC1)N1CCCC[C@H]1c1cc2ccccc2[nH]1. The molecule has 0 bridgehead atoms. The molecule has 24 heavy (non-hydrogen) atoms. The standard InChI is InChI=1S/C17H23N3O3S/c21-24(22,19-9-11-23-12-10-19)20-8-4-3-7-17(20)16-13-14-5-1-2-6-15(14)18-16/h1-2,5-6,13,17-18H,3-4,7-12H2/t17-/m0/s1. The highest BCUT2D eigenvalue weighted by atomic mass is 32.2. The van der Waals surface area contributed by atoms with Crippen molar-refractivity contribution in [2.45, 2.75) is 25.3 Å². The highest BCUT2D eigenvalue weighted by Crippen LogP contribution is 2.35. The van der Waals surface area contributed by atoms with Crippen LogP contribution in [0, 0.1) is 0 Å². The lowest BCUT2D eigenvalue weighted by molar-refractivity contribution is 0.0681. The number of ether oxygens (including phenoxy) is 1. The summed E-state index contributed by atoms with van der Waals surface area (Å²) in [5.41, 5.74) is 2.05. The van der Waals surface area contributed by atoms with E-state index < -0.39 is 10.2 Å². The number of fused-ring (bicyclic) bond motifs is 1. The van der Waals surface area contributed by atoms with Crippen LogP contribution in [-0.2, 0) is 14.9 Å². The van der Waals surface area contributed by atoms with Gasteiger partial charge in [-0.25, -0.2) is 0 Å². The molecule has 1 atom stereocenters. The van der Waals surface area contributed by atoms with Crippen molar-refractivity contribution in [1.29, 1.82) is 0 Å². The molecule has 2 aliphatic heterocycles. The fourth-order valence-electron chi connectivity index (χ4n) is 3.69. The van der Waals surface area contributed by atoms with Crippen LogP contribution in [0.5, 0.6) is 0 Å². The molecule has 0 spiro atoms. The predicted octanol–water partition coefficient (Wildman–Crippen LogP) is 2.27. The van der Waals surface area contributed by atoms with Gasteiger partial charge in [0.05, 0.1) is 19.3 Å². The zero-order valence-electron chi connectivity index (χ0n) is 13.6. The fraction of sp³-hybridized carbons (Fsp3) is 0.529. The normalized spacial score (nSPS) is 24.4. The third-order valence-corrected chi connectivity index (χ3v) is 7.00. The van der Waals surface area contributed by atoms with Crippen LogP contribution >= 0.6 is 0 Å². The number of hydrogen-bond donors (Lipinski definition) is 1. The molecule has 0 saturated carbocycles. The minimum absolute atomic E-state index is 0.112. The molecule has 1 N–H and O–H groups in total. The largest absolute Gasteiger partial charge is 0.379 e. The molecule has 4 rings (SSSR count). The Morgan fingerprint density at radius 3 is 2.67 bits per heavy atom. The maximum atomic E-state index is 13.1. The highest BCUT2D eigenvalue weighted by Gasteiger charge is 2.38. The summed E-state index contributed by atoms with van der Waals surface area (Å²) in [5, 5.41) is 1.13. The van der Waals surface area contributed by atoms with Crippen LogP contribution in [0.25, 0.3) is 10.9 Å². The van der Waals surface area contributed by atoms with Crippen LogP contribution < -0.4 is 0 Å². The average molecular weight is 349 g/mol. The molecule has 2 aliphatic rings. The van der Waals surface area contributed by atoms with E-state index in [0.717, 1.165) is 35.9 Å². The van der Waals surface area contributed by atoms with Gasteiger partial charge in [-0.05, 0) is 30.4 Å². The van der Waals surface area contributed by atoms with E-state index in [-0.39, 0.29) is 6.04 Å². The Hall–Kier alpha value is -1.41. The van der Waals surface area contributed by atoms with Crippen molar-refractivity contribution in [1.82, 2.24) is 13.6 Å². The molecule has 1 aromatic carbocycles. The van der Waals surface area contributed by atoms with Crippen molar-refractivity contribution < 1.29 is 13.2 Å². The van der Waals surface area contributed by atoms with Crippen molar-refractivity contribution in [2.24, 2.45) is 0 Å². The Morgan fingerprint density at radius 1 is 1.08 bits per heavy atom. The third kappa shape index (κ3) is 2.86. The van der Waals surface area contributed by atoms with Crippen LogP contribution in [0.3, 0.4) is 0 Å². The van der Waals surface area contributed by atoms with E-state index in [1.54, 1.807) is 8.61 Å². The van der Waals surface area contributed by atoms with Crippen molar-refractivity contribution >= 4 is 21.1 Å². The summed E-state index contributed by atoms with van der Waals surface area (Å²) in [4.78, 5) is 3.42. The second-order valence-corrected chi connectivity index (χ2v) is 8.33. The quantitative estimate of drug-likeness (QED) is 0.924. The first-order chi connectivity index (χ1) is 11.7. The molecular formula is C17H23N3O3S. The number of aromatic amines is 1. The molecule has 6 nitrogen and oxygen atoms in total. The summed E-state index contributed by atoms with van der Waals surface area (Å²) < 4.78 is 34.8. The van der Waals surface area contributed by atoms with Gasteiger partial charge in [0.1, 0.15) is 0 Å². The van der Waals surface area contributed by atoms with Gasteiger partial charge in [0.15, 0.2) is 0 Å². The average Bonchev–Trinajstić information content (AvgIpc) is 3.06. The lowest BCUT2D eigenvalue weighted by atomic mass is 10.0. The maximum Gasteiger partial charge on any atom is 0.282 e. The topological polar surface area (TPSA) is 65.6 Å². The first kappa shape index (κ1) is 16.1. The van der Waals surface area contributed by atoms with Crippen LogP contribution in [0.15, 0.2) is 30.3 Å². The van der Waals surface area contributed by atoms with Crippen molar-refractivity contribution in [2.75, 3.05) is 32.8 Å². The zero-order chi connectivity index (χ0) is 16.6. The van der Waals surface area contributed by atoms with Gasteiger partial charge in [-0.2, -0.15) is 17.0 Å². The van der Waals surface area contributed by atoms with E-state index in [2.05, 4.69) is 17.1 Å². The number of hydrogen-bond acceptors (Lipinski definition) is 3. The number of nitrogens with one attached hydrogen (secondary N) is 1. The van der Waals surface area contributed by atoms with Crippen LogP contribution in [-0.4, -0.2) is 54.9 Å². The first-order valence-corrected chi connectivity index (χ1v) is 9.98. The number of nitrogens with zero attached hydrogens (tertiary/aromatic N) is 2. The van der Waals surface area contributed by atoms with Gasteiger partial charge in [-0.3, -0.25) is 0 Å². The summed E-state index contributed by atoms with van der Waals surface area (Å²) >= 11 is 0. The highest BCUT2D eigenvalue weighted by molar-refractivity contribution is 7.86. The molecule has 2 fully saturated rings. The van der Waals surface area contributed by atoms with Crippen LogP contribution in [0.4, 0.5) is 0 Å². The molecule has 1 aromatic heterocycles. The van der Waals surface area contributed by atoms with Gasteiger partial charge in [-0.15, -0.1) is 0 Å². The van der Waals surface area contributed by atoms with Crippen LogP contribution in [0.2, 0.25) is 0 Å².